The minimum absolute atomic E-state index is 0.178. The molecule has 0 aliphatic heterocycles. The maximum absolute atomic E-state index is 11.9. The van der Waals surface area contributed by atoms with Gasteiger partial charge in [-0.1, -0.05) is 18.2 Å². The molecule has 0 radical (unpaired) electrons. The second kappa shape index (κ2) is 1.73. The van der Waals surface area contributed by atoms with Gasteiger partial charge in [-0.05, 0) is 12.1 Å². The van der Waals surface area contributed by atoms with E-state index in [0.717, 1.165) is 0 Å². The van der Waals surface area contributed by atoms with Gasteiger partial charge in [0.15, 0.2) is 0 Å². The molecule has 1 rings (SSSR count). The molecule has 1 aromatic rings. The molecule has 1 heteroatoms. The van der Waals surface area contributed by atoms with E-state index in [9.17, 15) is 4.39 Å². The van der Waals surface area contributed by atoms with E-state index in [0.29, 0.717) is 0 Å². The van der Waals surface area contributed by atoms with E-state index in [1.165, 1.54) is 12.1 Å². The Kier molecular flexibility index (Phi) is 1.07. The fourth-order valence-corrected chi connectivity index (χ4v) is 0.415. The molecule has 7 heavy (non-hydrogen) atoms. The fourth-order valence-electron chi connectivity index (χ4n) is 0.415. The summed E-state index contributed by atoms with van der Waals surface area (Å²) in [6.07, 6.45) is 0. The predicted molar refractivity (Wildman–Crippen MR) is 26.4 cm³/mol. The number of hydrogen-bond donors (Lipinski definition) is 0. The van der Waals surface area contributed by atoms with Crippen LogP contribution in [0.5, 0.6) is 0 Å². The monoisotopic (exact) mass is 96.0 g/mol. The van der Waals surface area contributed by atoms with Gasteiger partial charge < -0.3 is 0 Å². The summed E-state index contributed by atoms with van der Waals surface area (Å²) in [4.78, 5) is 0. The molecule has 0 heterocycles. The minimum atomic E-state index is -0.178. The quantitative estimate of drug-likeness (QED) is 0.462. The van der Waals surface area contributed by atoms with Crippen LogP contribution in [0, 0.1) is 5.82 Å². The summed E-state index contributed by atoms with van der Waals surface area (Å²) >= 11 is 0. The van der Waals surface area contributed by atoms with Gasteiger partial charge in [0.1, 0.15) is 5.82 Å². The van der Waals surface area contributed by atoms with Gasteiger partial charge in [0, 0.05) is 0 Å². The predicted octanol–water partition coefficient (Wildman–Crippen LogP) is 1.83. The number of halogens is 1. The van der Waals surface area contributed by atoms with Gasteiger partial charge in [-0.25, -0.2) is 4.39 Å². The van der Waals surface area contributed by atoms with Crippen molar-refractivity contribution in [2.75, 3.05) is 0 Å². The van der Waals surface area contributed by atoms with Gasteiger partial charge in [-0.3, -0.25) is 0 Å². The van der Waals surface area contributed by atoms with Crippen LogP contribution in [0.3, 0.4) is 0 Å². The Labute approximate surface area is 41.6 Å². The molecule has 0 aliphatic carbocycles. The first-order valence-electron chi connectivity index (χ1n) is 2.10. The average molecular weight is 96.1 g/mol. The Bertz CT molecular complexity index is 134. The van der Waals surface area contributed by atoms with Crippen molar-refractivity contribution in [3.05, 3.63) is 36.1 Å². The highest BCUT2D eigenvalue weighted by atomic mass is 19.1. The van der Waals surface area contributed by atoms with Crippen molar-refractivity contribution in [1.82, 2.24) is 0 Å². The van der Waals surface area contributed by atoms with Crippen molar-refractivity contribution in [1.29, 1.82) is 0 Å². The SMILES string of the molecule is [19F]c1ccccc1. The van der Waals surface area contributed by atoms with E-state index >= 15 is 0 Å². The Morgan fingerprint density at radius 1 is 1.00 bits per heavy atom. The molecule has 0 atom stereocenters. The van der Waals surface area contributed by atoms with Crippen LogP contribution in [0.1, 0.15) is 0 Å². The molecule has 0 saturated carbocycles. The van der Waals surface area contributed by atoms with E-state index < -0.39 is 0 Å². The van der Waals surface area contributed by atoms with Gasteiger partial charge in [-0.2, -0.15) is 0 Å². The standard InChI is InChI=1S/C6H5F/c7-6-4-2-1-3-5-6/h1-5H/i7+0. The van der Waals surface area contributed by atoms with Crippen LogP contribution in [-0.4, -0.2) is 0 Å². The molecule has 0 aliphatic rings. The zero-order chi connectivity index (χ0) is 5.11. The zero-order valence-electron chi connectivity index (χ0n) is 3.76. The van der Waals surface area contributed by atoms with E-state index in [1.54, 1.807) is 18.2 Å². The molecule has 0 nitrogen and oxygen atoms in total. The lowest BCUT2D eigenvalue weighted by Crippen LogP contribution is -1.63. The van der Waals surface area contributed by atoms with Crippen molar-refractivity contribution in [3.8, 4) is 0 Å². The molecule has 0 bridgehead atoms. The average Bonchev–Trinajstić information content (AvgIpc) is 1.69. The largest absolute Gasteiger partial charge is 0.207 e. The molecule has 1 aromatic carbocycles. The number of benzene rings is 1. The van der Waals surface area contributed by atoms with Gasteiger partial charge in [0.05, 0.1) is 0 Å². The molecular weight excluding hydrogens is 91.1 g/mol. The summed E-state index contributed by atoms with van der Waals surface area (Å²) in [6.45, 7) is 0. The van der Waals surface area contributed by atoms with Gasteiger partial charge >= 0.3 is 0 Å². The van der Waals surface area contributed by atoms with Gasteiger partial charge in [0.2, 0.25) is 0 Å². The molecule has 0 unspecified atom stereocenters. The van der Waals surface area contributed by atoms with Crippen LogP contribution in [0.15, 0.2) is 30.3 Å². The summed E-state index contributed by atoms with van der Waals surface area (Å²) in [5.74, 6) is -0.178. The van der Waals surface area contributed by atoms with E-state index in [1.807, 2.05) is 0 Å². The van der Waals surface area contributed by atoms with E-state index in [2.05, 4.69) is 0 Å². The van der Waals surface area contributed by atoms with Crippen molar-refractivity contribution >= 4 is 0 Å². The van der Waals surface area contributed by atoms with Crippen LogP contribution in [-0.2, 0) is 0 Å². The first-order valence-corrected chi connectivity index (χ1v) is 2.10. The molecule has 0 N–H and O–H groups in total. The Balaban J connectivity index is 3.02. The number of hydrogen-bond acceptors (Lipinski definition) is 0. The van der Waals surface area contributed by atoms with Crippen LogP contribution < -0.4 is 0 Å². The summed E-state index contributed by atoms with van der Waals surface area (Å²) in [7, 11) is 0. The molecule has 0 fully saturated rings. The van der Waals surface area contributed by atoms with Crippen LogP contribution in [0.4, 0.5) is 4.39 Å². The summed E-state index contributed by atoms with van der Waals surface area (Å²) < 4.78 is 11.9. The smallest absolute Gasteiger partial charge is 0.123 e. The molecule has 0 saturated heterocycles. The normalized spacial score (nSPS) is 8.71. The van der Waals surface area contributed by atoms with E-state index in [-0.39, 0.29) is 5.82 Å². The van der Waals surface area contributed by atoms with Crippen LogP contribution >= 0.6 is 0 Å². The molecule has 0 spiro atoms. The lowest BCUT2D eigenvalue weighted by Gasteiger charge is -1.78. The summed E-state index contributed by atoms with van der Waals surface area (Å²) in [5, 5.41) is 0. The topological polar surface area (TPSA) is 0 Å². The Hall–Kier alpha value is -0.850. The Morgan fingerprint density at radius 2 is 1.57 bits per heavy atom. The maximum atomic E-state index is 11.9. The second-order valence-electron chi connectivity index (χ2n) is 1.30. The van der Waals surface area contributed by atoms with Crippen LogP contribution in [0.25, 0.3) is 0 Å². The maximum Gasteiger partial charge on any atom is 0.123 e. The molecule has 36 valence electrons. The number of rotatable bonds is 0. The minimum Gasteiger partial charge on any atom is -0.207 e. The third kappa shape index (κ3) is 1.000. The summed E-state index contributed by atoms with van der Waals surface area (Å²) in [6, 6.07) is 7.94. The second-order valence-corrected chi connectivity index (χ2v) is 1.30. The zero-order valence-corrected chi connectivity index (χ0v) is 3.76. The molecule has 0 aromatic heterocycles. The highest BCUT2D eigenvalue weighted by Gasteiger charge is 1.77. The van der Waals surface area contributed by atoms with Crippen molar-refractivity contribution in [2.45, 2.75) is 0 Å². The lowest BCUT2D eigenvalue weighted by atomic mass is 10.4. The van der Waals surface area contributed by atoms with Crippen LogP contribution in [0.2, 0.25) is 0 Å². The fraction of sp³-hybridized carbons (Fsp3) is 0. The first-order chi connectivity index (χ1) is 3.39. The highest BCUT2D eigenvalue weighted by molar-refractivity contribution is 5.02. The first kappa shape index (κ1) is 4.31. The molecular formula is C6H5F. The van der Waals surface area contributed by atoms with Crippen molar-refractivity contribution in [3.63, 3.8) is 0 Å². The van der Waals surface area contributed by atoms with Crippen molar-refractivity contribution in [2.24, 2.45) is 0 Å². The third-order valence-electron chi connectivity index (χ3n) is 0.733. The van der Waals surface area contributed by atoms with Gasteiger partial charge in [0.25, 0.3) is 0 Å². The van der Waals surface area contributed by atoms with E-state index in [4.69, 9.17) is 0 Å². The lowest BCUT2D eigenvalue weighted by molar-refractivity contribution is 0.628. The molecule has 0 amide bonds. The van der Waals surface area contributed by atoms with Gasteiger partial charge in [-0.15, -0.1) is 0 Å². The van der Waals surface area contributed by atoms with Crippen molar-refractivity contribution < 1.29 is 4.39 Å². The third-order valence-corrected chi connectivity index (χ3v) is 0.733. The Morgan fingerprint density at radius 3 is 1.86 bits per heavy atom. The summed E-state index contributed by atoms with van der Waals surface area (Å²) in [5.41, 5.74) is 0. The highest BCUT2D eigenvalue weighted by Crippen LogP contribution is 1.91.